The predicted molar refractivity (Wildman–Crippen MR) is 77.4 cm³/mol. The molecular weight excluding hydrogens is 254 g/mol. The van der Waals surface area contributed by atoms with Crippen LogP contribution in [-0.4, -0.2) is 35.0 Å². The summed E-state index contributed by atoms with van der Waals surface area (Å²) in [5.74, 6) is -0.470. The summed E-state index contributed by atoms with van der Waals surface area (Å²) in [6.07, 6.45) is 3.49. The fourth-order valence-corrected chi connectivity index (χ4v) is 2.17. The second-order valence-electron chi connectivity index (χ2n) is 5.41. The van der Waals surface area contributed by atoms with Crippen LogP contribution in [0, 0.1) is 0 Å². The van der Waals surface area contributed by atoms with Crippen molar-refractivity contribution in [2.24, 2.45) is 0 Å². The number of nitrogens with one attached hydrogen (secondary N) is 2. The molecule has 3 rings (SSSR count). The van der Waals surface area contributed by atoms with Gasteiger partial charge in [0.25, 0.3) is 0 Å². The van der Waals surface area contributed by atoms with Crippen LogP contribution in [0.2, 0.25) is 0 Å². The number of H-pyrrole nitrogens is 1. The molecule has 1 fully saturated rings. The Hall–Kier alpha value is -1.85. The number of ether oxygens (including phenoxy) is 2. The first-order valence-electron chi connectivity index (χ1n) is 6.76. The van der Waals surface area contributed by atoms with Gasteiger partial charge in [-0.3, -0.25) is 0 Å². The molecule has 0 saturated carbocycles. The van der Waals surface area contributed by atoms with Crippen LogP contribution in [0.5, 0.6) is 0 Å². The number of anilines is 1. The molecule has 5 nitrogen and oxygen atoms in total. The van der Waals surface area contributed by atoms with Crippen molar-refractivity contribution < 1.29 is 9.47 Å². The first-order chi connectivity index (χ1) is 9.62. The lowest BCUT2D eigenvalue weighted by atomic mass is 10.1. The van der Waals surface area contributed by atoms with Crippen molar-refractivity contribution in [3.05, 3.63) is 36.8 Å². The van der Waals surface area contributed by atoms with E-state index in [1.807, 2.05) is 20.0 Å². The van der Waals surface area contributed by atoms with Crippen molar-refractivity contribution in [1.82, 2.24) is 9.97 Å². The highest BCUT2D eigenvalue weighted by molar-refractivity contribution is 5.62. The highest BCUT2D eigenvalue weighted by Crippen LogP contribution is 2.22. The third-order valence-electron chi connectivity index (χ3n) is 3.33. The smallest absolute Gasteiger partial charge is 0.162 e. The van der Waals surface area contributed by atoms with Crippen LogP contribution >= 0.6 is 0 Å². The third-order valence-corrected chi connectivity index (χ3v) is 3.33. The largest absolute Gasteiger partial charge is 0.378 e. The number of aromatic amines is 1. The molecule has 0 spiro atoms. The zero-order valence-electron chi connectivity index (χ0n) is 11.7. The van der Waals surface area contributed by atoms with Gasteiger partial charge in [-0.1, -0.05) is 12.1 Å². The normalized spacial score (nSPS) is 18.9. The van der Waals surface area contributed by atoms with E-state index in [0.717, 1.165) is 16.9 Å². The Morgan fingerprint density at radius 1 is 1.20 bits per heavy atom. The van der Waals surface area contributed by atoms with E-state index in [1.165, 1.54) is 0 Å². The second kappa shape index (κ2) is 5.26. The summed E-state index contributed by atoms with van der Waals surface area (Å²) in [4.78, 5) is 7.12. The van der Waals surface area contributed by atoms with Crippen LogP contribution < -0.4 is 5.32 Å². The fourth-order valence-electron chi connectivity index (χ4n) is 2.17. The van der Waals surface area contributed by atoms with Gasteiger partial charge in [0.15, 0.2) is 5.79 Å². The summed E-state index contributed by atoms with van der Waals surface area (Å²) in [6, 6.07) is 8.40. The van der Waals surface area contributed by atoms with Crippen molar-refractivity contribution in [2.45, 2.75) is 25.7 Å². The summed E-state index contributed by atoms with van der Waals surface area (Å²) in [7, 11) is 0. The van der Waals surface area contributed by atoms with Gasteiger partial charge < -0.3 is 19.8 Å². The van der Waals surface area contributed by atoms with E-state index in [1.54, 1.807) is 6.33 Å². The molecule has 1 aromatic heterocycles. The number of hydrogen-bond donors (Lipinski definition) is 2. The minimum atomic E-state index is -0.470. The minimum Gasteiger partial charge on any atom is -0.378 e. The number of benzene rings is 1. The van der Waals surface area contributed by atoms with Gasteiger partial charge in [0.05, 0.1) is 37.5 Å². The van der Waals surface area contributed by atoms with E-state index in [2.05, 4.69) is 39.6 Å². The van der Waals surface area contributed by atoms with Crippen molar-refractivity contribution >= 4 is 5.69 Å². The molecule has 5 heteroatoms. The van der Waals surface area contributed by atoms with Gasteiger partial charge in [0, 0.05) is 5.69 Å². The zero-order chi connectivity index (χ0) is 14.0. The van der Waals surface area contributed by atoms with Gasteiger partial charge in [-0.25, -0.2) is 4.98 Å². The predicted octanol–water partition coefficient (Wildman–Crippen LogP) is 2.64. The van der Waals surface area contributed by atoms with Crippen molar-refractivity contribution in [3.8, 4) is 11.3 Å². The van der Waals surface area contributed by atoms with E-state index in [9.17, 15) is 0 Å². The van der Waals surface area contributed by atoms with E-state index < -0.39 is 5.79 Å². The van der Waals surface area contributed by atoms with E-state index >= 15 is 0 Å². The summed E-state index contributed by atoms with van der Waals surface area (Å²) >= 11 is 0. The molecule has 0 amide bonds. The first-order valence-corrected chi connectivity index (χ1v) is 6.76. The van der Waals surface area contributed by atoms with E-state index in [0.29, 0.717) is 13.2 Å². The Morgan fingerprint density at radius 3 is 2.50 bits per heavy atom. The number of hydrogen-bond acceptors (Lipinski definition) is 4. The van der Waals surface area contributed by atoms with Crippen molar-refractivity contribution in [1.29, 1.82) is 0 Å². The molecule has 0 radical (unpaired) electrons. The molecule has 2 aromatic rings. The molecule has 1 aromatic carbocycles. The van der Waals surface area contributed by atoms with Crippen LogP contribution in [0.1, 0.15) is 13.8 Å². The molecule has 20 heavy (non-hydrogen) atoms. The summed E-state index contributed by atoms with van der Waals surface area (Å²) in [5.41, 5.74) is 3.19. The SMILES string of the molecule is CC1(C)OCC(Nc2ccc(-c3cnc[nH]3)cc2)CO1. The molecule has 2 heterocycles. The van der Waals surface area contributed by atoms with Gasteiger partial charge in [-0.2, -0.15) is 0 Å². The summed E-state index contributed by atoms with van der Waals surface area (Å²) in [6.45, 7) is 5.16. The van der Waals surface area contributed by atoms with Gasteiger partial charge in [0.1, 0.15) is 0 Å². The molecule has 0 atom stereocenters. The topological polar surface area (TPSA) is 59.2 Å². The standard InChI is InChI=1S/C15H19N3O2/c1-15(2)19-8-13(9-20-15)18-12-5-3-11(4-6-12)14-7-16-10-17-14/h3-7,10,13,18H,8-9H2,1-2H3,(H,16,17). The Balaban J connectivity index is 1.61. The lowest BCUT2D eigenvalue weighted by molar-refractivity contribution is -0.247. The molecule has 2 N–H and O–H groups in total. The van der Waals surface area contributed by atoms with Gasteiger partial charge in [-0.15, -0.1) is 0 Å². The van der Waals surface area contributed by atoms with Crippen molar-refractivity contribution in [2.75, 3.05) is 18.5 Å². The maximum Gasteiger partial charge on any atom is 0.162 e. The van der Waals surface area contributed by atoms with E-state index in [4.69, 9.17) is 9.47 Å². The molecular formula is C15H19N3O2. The average Bonchev–Trinajstić information content (AvgIpc) is 2.96. The molecule has 0 aliphatic carbocycles. The number of aromatic nitrogens is 2. The van der Waals surface area contributed by atoms with Crippen LogP contribution in [0.15, 0.2) is 36.8 Å². The molecule has 0 bridgehead atoms. The Kier molecular flexibility index (Phi) is 3.46. The molecule has 106 valence electrons. The summed E-state index contributed by atoms with van der Waals surface area (Å²) in [5, 5.41) is 3.42. The second-order valence-corrected chi connectivity index (χ2v) is 5.41. The van der Waals surface area contributed by atoms with E-state index in [-0.39, 0.29) is 6.04 Å². The Bertz CT molecular complexity index is 539. The molecule has 1 aliphatic rings. The number of nitrogens with zero attached hydrogens (tertiary/aromatic N) is 1. The summed E-state index contributed by atoms with van der Waals surface area (Å²) < 4.78 is 11.3. The van der Waals surface area contributed by atoms with Gasteiger partial charge >= 0.3 is 0 Å². The molecule has 1 aliphatic heterocycles. The number of imidazole rings is 1. The van der Waals surface area contributed by atoms with Gasteiger partial charge in [-0.05, 0) is 31.5 Å². The highest BCUT2D eigenvalue weighted by Gasteiger charge is 2.28. The Labute approximate surface area is 118 Å². The van der Waals surface area contributed by atoms with Crippen LogP contribution in [0.3, 0.4) is 0 Å². The molecule has 1 saturated heterocycles. The zero-order valence-corrected chi connectivity index (χ0v) is 11.7. The monoisotopic (exact) mass is 273 g/mol. The lowest BCUT2D eigenvalue weighted by Crippen LogP contribution is -2.45. The van der Waals surface area contributed by atoms with Crippen LogP contribution in [0.4, 0.5) is 5.69 Å². The number of rotatable bonds is 3. The maximum absolute atomic E-state index is 5.63. The fraction of sp³-hybridized carbons (Fsp3) is 0.400. The van der Waals surface area contributed by atoms with Crippen LogP contribution in [0.25, 0.3) is 11.3 Å². The van der Waals surface area contributed by atoms with Gasteiger partial charge in [0.2, 0.25) is 0 Å². The molecule has 0 unspecified atom stereocenters. The maximum atomic E-state index is 5.63. The lowest BCUT2D eigenvalue weighted by Gasteiger charge is -2.35. The quantitative estimate of drug-likeness (QED) is 0.902. The third kappa shape index (κ3) is 3.00. The minimum absolute atomic E-state index is 0.182. The highest BCUT2D eigenvalue weighted by atomic mass is 16.7. The van der Waals surface area contributed by atoms with Crippen molar-refractivity contribution in [3.63, 3.8) is 0 Å². The average molecular weight is 273 g/mol. The first kappa shape index (κ1) is 13.1. The van der Waals surface area contributed by atoms with Crippen LogP contribution in [-0.2, 0) is 9.47 Å². The Morgan fingerprint density at radius 2 is 1.90 bits per heavy atom.